The van der Waals surface area contributed by atoms with Crippen molar-refractivity contribution in [1.82, 2.24) is 25.8 Å². The van der Waals surface area contributed by atoms with Crippen LogP contribution in [0, 0.1) is 0 Å². The molecule has 1 aromatic heterocycles. The number of imide groups is 1. The molecule has 0 saturated carbocycles. The zero-order valence-corrected chi connectivity index (χ0v) is 12.2. The molecule has 7 nitrogen and oxygen atoms in total. The predicted molar refractivity (Wildman–Crippen MR) is 78.5 cm³/mol. The van der Waals surface area contributed by atoms with E-state index in [1.807, 2.05) is 30.3 Å². The Morgan fingerprint density at radius 3 is 2.76 bits per heavy atom. The third-order valence-electron chi connectivity index (χ3n) is 2.58. The van der Waals surface area contributed by atoms with Crippen molar-refractivity contribution in [2.24, 2.45) is 0 Å². The number of urea groups is 1. The first-order chi connectivity index (χ1) is 10.1. The normalized spacial score (nSPS) is 11.7. The topological polar surface area (TPSA) is 99.8 Å². The summed E-state index contributed by atoms with van der Waals surface area (Å²) in [5.41, 5.74) is 0.962. The van der Waals surface area contributed by atoms with Gasteiger partial charge >= 0.3 is 6.03 Å². The van der Waals surface area contributed by atoms with E-state index in [9.17, 15) is 9.59 Å². The van der Waals surface area contributed by atoms with Crippen LogP contribution in [0.5, 0.6) is 0 Å². The van der Waals surface area contributed by atoms with E-state index in [-0.39, 0.29) is 5.91 Å². The number of rotatable bonds is 5. The van der Waals surface area contributed by atoms with Crippen LogP contribution in [0.2, 0.25) is 0 Å². The van der Waals surface area contributed by atoms with Gasteiger partial charge in [0.15, 0.2) is 5.16 Å². The molecule has 0 aliphatic rings. The van der Waals surface area contributed by atoms with Gasteiger partial charge in [0.1, 0.15) is 6.33 Å². The van der Waals surface area contributed by atoms with E-state index in [1.165, 1.54) is 18.1 Å². The molecule has 2 rings (SSSR count). The summed E-state index contributed by atoms with van der Waals surface area (Å²) in [5.74, 6) is -0.387. The van der Waals surface area contributed by atoms with Gasteiger partial charge in [-0.15, -0.1) is 0 Å². The molecule has 0 unspecified atom stereocenters. The molecule has 0 aliphatic heterocycles. The maximum absolute atomic E-state index is 11.8. The molecule has 1 heterocycles. The highest BCUT2D eigenvalue weighted by atomic mass is 32.2. The SMILES string of the molecule is C[C@H](Sc1ncn[nH]1)C(=O)NC(=O)NCc1ccccc1. The molecule has 21 heavy (non-hydrogen) atoms. The van der Waals surface area contributed by atoms with Crippen LogP contribution in [0.25, 0.3) is 0 Å². The molecule has 0 fully saturated rings. The molecule has 2 aromatic rings. The first kappa shape index (κ1) is 15.0. The van der Waals surface area contributed by atoms with Crippen molar-refractivity contribution in [1.29, 1.82) is 0 Å². The first-order valence-electron chi connectivity index (χ1n) is 6.30. The lowest BCUT2D eigenvalue weighted by atomic mass is 10.2. The van der Waals surface area contributed by atoms with Gasteiger partial charge in [0, 0.05) is 6.54 Å². The Labute approximate surface area is 125 Å². The van der Waals surface area contributed by atoms with Gasteiger partial charge in [0.05, 0.1) is 5.25 Å². The van der Waals surface area contributed by atoms with Gasteiger partial charge in [-0.25, -0.2) is 9.78 Å². The summed E-state index contributed by atoms with van der Waals surface area (Å²) in [6.07, 6.45) is 1.36. The summed E-state index contributed by atoms with van der Waals surface area (Å²) in [6, 6.07) is 8.94. The predicted octanol–water partition coefficient (Wildman–Crippen LogP) is 1.31. The fourth-order valence-electron chi connectivity index (χ4n) is 1.51. The highest BCUT2D eigenvalue weighted by Gasteiger charge is 2.18. The molecular formula is C13H15N5O2S. The smallest absolute Gasteiger partial charge is 0.321 e. The van der Waals surface area contributed by atoms with Crippen molar-refractivity contribution in [2.75, 3.05) is 0 Å². The van der Waals surface area contributed by atoms with Crippen molar-refractivity contribution in [3.63, 3.8) is 0 Å². The zero-order valence-electron chi connectivity index (χ0n) is 11.4. The van der Waals surface area contributed by atoms with Crippen LogP contribution in [0.3, 0.4) is 0 Å². The molecule has 0 bridgehead atoms. The third-order valence-corrected chi connectivity index (χ3v) is 3.57. The van der Waals surface area contributed by atoms with Crippen LogP contribution in [0.1, 0.15) is 12.5 Å². The number of hydrogen-bond donors (Lipinski definition) is 3. The van der Waals surface area contributed by atoms with Crippen LogP contribution in [0.4, 0.5) is 4.79 Å². The van der Waals surface area contributed by atoms with E-state index in [1.54, 1.807) is 6.92 Å². The number of carbonyl (C=O) groups excluding carboxylic acids is 2. The average molecular weight is 305 g/mol. The fourth-order valence-corrected chi connectivity index (χ4v) is 2.22. The number of amides is 3. The largest absolute Gasteiger partial charge is 0.334 e. The first-order valence-corrected chi connectivity index (χ1v) is 7.18. The minimum Gasteiger partial charge on any atom is -0.334 e. The summed E-state index contributed by atoms with van der Waals surface area (Å²) in [5, 5.41) is 11.3. The van der Waals surface area contributed by atoms with Crippen molar-refractivity contribution >= 4 is 23.7 Å². The van der Waals surface area contributed by atoms with E-state index in [2.05, 4.69) is 25.8 Å². The lowest BCUT2D eigenvalue weighted by Crippen LogP contribution is -2.42. The fraction of sp³-hybridized carbons (Fsp3) is 0.231. The number of aromatic amines is 1. The summed E-state index contributed by atoms with van der Waals surface area (Å²) in [6.45, 7) is 2.05. The molecule has 3 N–H and O–H groups in total. The molecule has 0 saturated heterocycles. The van der Waals surface area contributed by atoms with E-state index >= 15 is 0 Å². The molecule has 3 amide bonds. The van der Waals surface area contributed by atoms with E-state index < -0.39 is 11.3 Å². The van der Waals surface area contributed by atoms with Crippen LogP contribution < -0.4 is 10.6 Å². The van der Waals surface area contributed by atoms with E-state index in [0.29, 0.717) is 11.7 Å². The summed E-state index contributed by atoms with van der Waals surface area (Å²) in [4.78, 5) is 27.4. The second-order valence-corrected chi connectivity index (χ2v) is 5.54. The van der Waals surface area contributed by atoms with Crippen LogP contribution in [0.15, 0.2) is 41.8 Å². The summed E-state index contributed by atoms with van der Waals surface area (Å²) in [7, 11) is 0. The Morgan fingerprint density at radius 2 is 2.10 bits per heavy atom. The van der Waals surface area contributed by atoms with Gasteiger partial charge in [-0.05, 0) is 12.5 Å². The van der Waals surface area contributed by atoms with Crippen molar-refractivity contribution in [3.05, 3.63) is 42.2 Å². The molecule has 1 aromatic carbocycles. The molecule has 0 spiro atoms. The number of nitrogens with one attached hydrogen (secondary N) is 3. The number of thioether (sulfide) groups is 1. The Morgan fingerprint density at radius 1 is 1.33 bits per heavy atom. The number of hydrogen-bond acceptors (Lipinski definition) is 5. The second kappa shape index (κ2) is 7.44. The van der Waals surface area contributed by atoms with Crippen LogP contribution in [-0.4, -0.2) is 32.4 Å². The Hall–Kier alpha value is -2.35. The third kappa shape index (κ3) is 4.92. The number of nitrogens with zero attached hydrogens (tertiary/aromatic N) is 2. The molecule has 0 radical (unpaired) electrons. The number of aromatic nitrogens is 3. The number of H-pyrrole nitrogens is 1. The second-order valence-electron chi connectivity index (χ2n) is 4.21. The highest BCUT2D eigenvalue weighted by Crippen LogP contribution is 2.17. The Bertz CT molecular complexity index is 588. The Kier molecular flexibility index (Phi) is 5.33. The van der Waals surface area contributed by atoms with Gasteiger partial charge in [-0.1, -0.05) is 42.1 Å². The van der Waals surface area contributed by atoms with Gasteiger partial charge in [-0.3, -0.25) is 15.2 Å². The maximum atomic E-state index is 11.8. The Balaban J connectivity index is 1.75. The van der Waals surface area contributed by atoms with Crippen LogP contribution >= 0.6 is 11.8 Å². The number of carbonyl (C=O) groups is 2. The monoisotopic (exact) mass is 305 g/mol. The zero-order chi connectivity index (χ0) is 15.1. The lowest BCUT2D eigenvalue weighted by molar-refractivity contribution is -0.119. The van der Waals surface area contributed by atoms with Gasteiger partial charge in [0.2, 0.25) is 5.91 Å². The standard InChI is InChI=1S/C13H15N5O2S/c1-9(21-13-15-8-16-18-13)11(19)17-12(20)14-7-10-5-3-2-4-6-10/h2-6,8-9H,7H2,1H3,(H,15,16,18)(H2,14,17,19,20)/t9-/m0/s1. The molecule has 0 aliphatic carbocycles. The highest BCUT2D eigenvalue weighted by molar-refractivity contribution is 8.00. The number of benzene rings is 1. The lowest BCUT2D eigenvalue weighted by Gasteiger charge is -2.10. The minimum atomic E-state index is -0.520. The van der Waals surface area contributed by atoms with Crippen molar-refractivity contribution in [2.45, 2.75) is 23.9 Å². The molecule has 8 heteroatoms. The van der Waals surface area contributed by atoms with Gasteiger partial charge in [-0.2, -0.15) is 5.10 Å². The van der Waals surface area contributed by atoms with Gasteiger partial charge < -0.3 is 5.32 Å². The summed E-state index contributed by atoms with van der Waals surface area (Å²) < 4.78 is 0. The van der Waals surface area contributed by atoms with E-state index in [4.69, 9.17) is 0 Å². The molecule has 1 atom stereocenters. The van der Waals surface area contributed by atoms with Gasteiger partial charge in [0.25, 0.3) is 0 Å². The van der Waals surface area contributed by atoms with Crippen molar-refractivity contribution in [3.8, 4) is 0 Å². The van der Waals surface area contributed by atoms with Crippen LogP contribution in [-0.2, 0) is 11.3 Å². The van der Waals surface area contributed by atoms with E-state index in [0.717, 1.165) is 5.56 Å². The maximum Gasteiger partial charge on any atom is 0.321 e. The average Bonchev–Trinajstić information content (AvgIpc) is 2.99. The van der Waals surface area contributed by atoms with Crippen molar-refractivity contribution < 1.29 is 9.59 Å². The quantitative estimate of drug-likeness (QED) is 0.723. The summed E-state index contributed by atoms with van der Waals surface area (Å²) >= 11 is 1.19. The molecule has 110 valence electrons. The minimum absolute atomic E-state index is 0.365. The molecular weight excluding hydrogens is 290 g/mol.